The van der Waals surface area contributed by atoms with E-state index in [1.165, 1.54) is 0 Å². The van der Waals surface area contributed by atoms with Crippen LogP contribution in [0.4, 0.5) is 0 Å². The zero-order valence-electron chi connectivity index (χ0n) is 11.2. The maximum atomic E-state index is 11.4. The average molecular weight is 260 g/mol. The highest BCUT2D eigenvalue weighted by molar-refractivity contribution is 6.04. The molecule has 2 rings (SSSR count). The van der Waals surface area contributed by atoms with Gasteiger partial charge in [0.2, 0.25) is 0 Å². The highest BCUT2D eigenvalue weighted by Gasteiger charge is 2.15. The molecule has 3 N–H and O–H groups in total. The lowest BCUT2D eigenvalue weighted by molar-refractivity contribution is 0.0699. The number of carboxylic acids is 1. The number of carboxylic acid groups (broad SMARTS) is 1. The number of nitrogens with two attached hydrogens (primary N) is 1. The first kappa shape index (κ1) is 13.6. The van der Waals surface area contributed by atoms with Crippen LogP contribution < -0.4 is 5.73 Å². The van der Waals surface area contributed by atoms with Crippen molar-refractivity contribution in [1.82, 2.24) is 4.57 Å². The molecular formula is C15H20N2O2. The number of carbonyl (C=O) groups is 1. The lowest BCUT2D eigenvalue weighted by Crippen LogP contribution is -2.04. The minimum absolute atomic E-state index is 0.371. The van der Waals surface area contributed by atoms with Crippen LogP contribution in [0.25, 0.3) is 10.9 Å². The van der Waals surface area contributed by atoms with Gasteiger partial charge in [-0.3, -0.25) is 0 Å². The Morgan fingerprint density at radius 2 is 2.21 bits per heavy atom. The van der Waals surface area contributed by atoms with Gasteiger partial charge in [0.15, 0.2) is 0 Å². The molecule has 0 aliphatic heterocycles. The van der Waals surface area contributed by atoms with E-state index in [1.54, 1.807) is 12.1 Å². The Hall–Kier alpha value is -1.81. The molecule has 0 unspecified atom stereocenters. The van der Waals surface area contributed by atoms with E-state index >= 15 is 0 Å². The number of aromatic nitrogens is 1. The van der Waals surface area contributed by atoms with Crippen molar-refractivity contribution in [2.45, 2.75) is 32.7 Å². The Balaban J connectivity index is 2.60. The second-order valence-corrected chi connectivity index (χ2v) is 4.74. The van der Waals surface area contributed by atoms with Gasteiger partial charge in [0.05, 0.1) is 5.56 Å². The average Bonchev–Trinajstić information content (AvgIpc) is 2.75. The summed E-state index contributed by atoms with van der Waals surface area (Å²) < 4.78 is 2.15. The molecule has 0 spiro atoms. The molecule has 0 amide bonds. The van der Waals surface area contributed by atoms with Crippen LogP contribution in [0.15, 0.2) is 24.4 Å². The van der Waals surface area contributed by atoms with Gasteiger partial charge in [0.1, 0.15) is 0 Å². The highest BCUT2D eigenvalue weighted by Crippen LogP contribution is 2.26. The number of aromatic carboxylic acids is 1. The van der Waals surface area contributed by atoms with Gasteiger partial charge in [-0.05, 0) is 37.1 Å². The van der Waals surface area contributed by atoms with E-state index in [-0.39, 0.29) is 0 Å². The molecule has 0 saturated heterocycles. The molecular weight excluding hydrogens is 240 g/mol. The van der Waals surface area contributed by atoms with Crippen molar-refractivity contribution in [2.75, 3.05) is 6.54 Å². The molecule has 0 aliphatic rings. The molecule has 2 aromatic rings. The van der Waals surface area contributed by atoms with Crippen LogP contribution in [0.2, 0.25) is 0 Å². The van der Waals surface area contributed by atoms with Gasteiger partial charge in [-0.15, -0.1) is 0 Å². The van der Waals surface area contributed by atoms with Gasteiger partial charge in [0, 0.05) is 23.6 Å². The minimum Gasteiger partial charge on any atom is -0.478 e. The molecule has 0 aliphatic carbocycles. The third kappa shape index (κ3) is 2.63. The quantitative estimate of drug-likeness (QED) is 0.839. The van der Waals surface area contributed by atoms with Crippen LogP contribution in [0.1, 0.15) is 35.7 Å². The van der Waals surface area contributed by atoms with Gasteiger partial charge >= 0.3 is 5.97 Å². The Bertz CT molecular complexity index is 587. The van der Waals surface area contributed by atoms with Crippen molar-refractivity contribution in [1.29, 1.82) is 0 Å². The summed E-state index contributed by atoms with van der Waals surface area (Å²) in [6, 6.07) is 5.45. The van der Waals surface area contributed by atoms with Gasteiger partial charge in [0.25, 0.3) is 0 Å². The van der Waals surface area contributed by atoms with E-state index in [0.29, 0.717) is 18.5 Å². The van der Waals surface area contributed by atoms with Crippen LogP contribution in [-0.2, 0) is 13.0 Å². The molecule has 0 atom stereocenters. The van der Waals surface area contributed by atoms with Gasteiger partial charge in [-0.25, -0.2) is 4.79 Å². The van der Waals surface area contributed by atoms with Gasteiger partial charge in [-0.2, -0.15) is 0 Å². The van der Waals surface area contributed by atoms with Gasteiger partial charge in [-0.1, -0.05) is 19.4 Å². The number of unbranched alkanes of at least 4 members (excludes halogenated alkanes) is 1. The van der Waals surface area contributed by atoms with Crippen molar-refractivity contribution in [3.8, 4) is 0 Å². The number of rotatable bonds is 6. The number of nitrogens with zero attached hydrogens (tertiary/aromatic N) is 1. The first-order chi connectivity index (χ1) is 9.19. The van der Waals surface area contributed by atoms with Crippen LogP contribution in [0, 0.1) is 0 Å². The van der Waals surface area contributed by atoms with Crippen molar-refractivity contribution >= 4 is 16.9 Å². The summed E-state index contributed by atoms with van der Waals surface area (Å²) in [6.45, 7) is 3.59. The predicted octanol–water partition coefficient (Wildman–Crippen LogP) is 2.64. The molecule has 102 valence electrons. The lowest BCUT2D eigenvalue weighted by Gasteiger charge is -2.04. The molecule has 4 heteroatoms. The first-order valence-corrected chi connectivity index (χ1v) is 6.73. The highest BCUT2D eigenvalue weighted by atomic mass is 16.4. The Morgan fingerprint density at radius 1 is 1.42 bits per heavy atom. The topological polar surface area (TPSA) is 68.2 Å². The predicted molar refractivity (Wildman–Crippen MR) is 76.6 cm³/mol. The second-order valence-electron chi connectivity index (χ2n) is 4.74. The Morgan fingerprint density at radius 3 is 2.84 bits per heavy atom. The molecule has 0 radical (unpaired) electrons. The molecule has 1 aromatic carbocycles. The summed E-state index contributed by atoms with van der Waals surface area (Å²) in [5, 5.41) is 10.2. The summed E-state index contributed by atoms with van der Waals surface area (Å²) >= 11 is 0. The minimum atomic E-state index is -0.878. The normalized spacial score (nSPS) is 11.1. The van der Waals surface area contributed by atoms with Crippen LogP contribution >= 0.6 is 0 Å². The van der Waals surface area contributed by atoms with Crippen molar-refractivity contribution in [3.05, 3.63) is 35.5 Å². The lowest BCUT2D eigenvalue weighted by atomic mass is 10.0. The Kier molecular flexibility index (Phi) is 4.22. The standard InChI is InChI=1S/C15H20N2O2/c1-2-3-9-17-10-11(7-8-16)14-12(15(18)19)5-4-6-13(14)17/h4-6,10H,2-3,7-9,16H2,1H3,(H,18,19). The molecule has 0 saturated carbocycles. The monoisotopic (exact) mass is 260 g/mol. The molecule has 1 heterocycles. The van der Waals surface area contributed by atoms with E-state index in [4.69, 9.17) is 5.73 Å². The van der Waals surface area contributed by atoms with Crippen molar-refractivity contribution in [3.63, 3.8) is 0 Å². The summed E-state index contributed by atoms with van der Waals surface area (Å²) in [6.07, 6.45) is 4.97. The van der Waals surface area contributed by atoms with Crippen LogP contribution in [0.3, 0.4) is 0 Å². The van der Waals surface area contributed by atoms with Crippen molar-refractivity contribution in [2.24, 2.45) is 5.73 Å². The second kappa shape index (κ2) is 5.89. The fourth-order valence-corrected chi connectivity index (χ4v) is 2.48. The summed E-state index contributed by atoms with van der Waals surface area (Å²) in [7, 11) is 0. The summed E-state index contributed by atoms with van der Waals surface area (Å²) in [5.41, 5.74) is 8.03. The number of aryl methyl sites for hydroxylation is 1. The smallest absolute Gasteiger partial charge is 0.336 e. The number of benzene rings is 1. The zero-order chi connectivity index (χ0) is 13.8. The zero-order valence-corrected chi connectivity index (χ0v) is 11.2. The number of hydrogen-bond donors (Lipinski definition) is 2. The Labute approximate surface area is 112 Å². The maximum absolute atomic E-state index is 11.4. The maximum Gasteiger partial charge on any atom is 0.336 e. The SMILES string of the molecule is CCCCn1cc(CCN)c2c(C(=O)O)cccc21. The molecule has 1 aromatic heterocycles. The number of fused-ring (bicyclic) bond motifs is 1. The molecule has 0 bridgehead atoms. The first-order valence-electron chi connectivity index (χ1n) is 6.73. The van der Waals surface area contributed by atoms with Crippen LogP contribution in [-0.4, -0.2) is 22.2 Å². The van der Waals surface area contributed by atoms with E-state index in [2.05, 4.69) is 17.7 Å². The molecule has 19 heavy (non-hydrogen) atoms. The van der Waals surface area contributed by atoms with E-state index < -0.39 is 5.97 Å². The van der Waals surface area contributed by atoms with Crippen molar-refractivity contribution < 1.29 is 9.90 Å². The van der Waals surface area contributed by atoms with E-state index in [9.17, 15) is 9.90 Å². The summed E-state index contributed by atoms with van der Waals surface area (Å²) in [5.74, 6) is -0.878. The molecule has 4 nitrogen and oxygen atoms in total. The third-order valence-electron chi connectivity index (χ3n) is 3.38. The van der Waals surface area contributed by atoms with E-state index in [0.717, 1.165) is 35.9 Å². The number of hydrogen-bond acceptors (Lipinski definition) is 2. The van der Waals surface area contributed by atoms with E-state index in [1.807, 2.05) is 6.07 Å². The fraction of sp³-hybridized carbons (Fsp3) is 0.400. The fourth-order valence-electron chi connectivity index (χ4n) is 2.48. The van der Waals surface area contributed by atoms with Crippen LogP contribution in [0.5, 0.6) is 0 Å². The molecule has 0 fully saturated rings. The van der Waals surface area contributed by atoms with Gasteiger partial charge < -0.3 is 15.4 Å². The largest absolute Gasteiger partial charge is 0.478 e. The third-order valence-corrected chi connectivity index (χ3v) is 3.38. The summed E-state index contributed by atoms with van der Waals surface area (Å²) in [4.78, 5) is 11.4.